The smallest absolute Gasteiger partial charge is 0.315 e. The van der Waals surface area contributed by atoms with Crippen molar-refractivity contribution in [2.45, 2.75) is 57.4 Å². The monoisotopic (exact) mass is 356 g/mol. The van der Waals surface area contributed by atoms with Gasteiger partial charge in [0.25, 0.3) is 0 Å². The van der Waals surface area contributed by atoms with Crippen molar-refractivity contribution in [3.8, 4) is 0 Å². The summed E-state index contributed by atoms with van der Waals surface area (Å²) in [6, 6.07) is 3.57. The fourth-order valence-corrected chi connectivity index (χ4v) is 5.65. The third kappa shape index (κ3) is 3.84. The Labute approximate surface area is 154 Å². The van der Waals surface area contributed by atoms with E-state index in [0.717, 1.165) is 42.6 Å². The molecule has 6 nitrogen and oxygen atoms in total. The summed E-state index contributed by atoms with van der Waals surface area (Å²) in [7, 11) is 0. The third-order valence-corrected chi connectivity index (χ3v) is 6.24. The Hall–Kier alpha value is -2.11. The minimum atomic E-state index is -0.141. The maximum absolute atomic E-state index is 12.3. The Morgan fingerprint density at radius 2 is 1.81 bits per heavy atom. The number of hydrogen-bond donors (Lipinski definition) is 3. The number of nitrogens with one attached hydrogen (secondary N) is 3. The van der Waals surface area contributed by atoms with Gasteiger partial charge >= 0.3 is 6.03 Å². The van der Waals surface area contributed by atoms with E-state index in [-0.39, 0.29) is 23.9 Å². The Bertz CT molecular complexity index is 668. The zero-order valence-electron chi connectivity index (χ0n) is 15.4. The molecule has 26 heavy (non-hydrogen) atoms. The lowest BCUT2D eigenvalue weighted by atomic mass is 9.53. The van der Waals surface area contributed by atoms with E-state index in [0.29, 0.717) is 12.4 Å². The number of hydrogen-bond acceptors (Lipinski definition) is 3. The summed E-state index contributed by atoms with van der Waals surface area (Å²) in [5, 5.41) is 8.88. The molecule has 0 atom stereocenters. The van der Waals surface area contributed by atoms with Crippen LogP contribution in [0.1, 0.15) is 50.5 Å². The number of aryl methyl sites for hydroxylation is 1. The summed E-state index contributed by atoms with van der Waals surface area (Å²) in [6.07, 6.45) is 9.37. The molecule has 5 rings (SSSR count). The molecule has 4 aliphatic rings. The van der Waals surface area contributed by atoms with Gasteiger partial charge < -0.3 is 16.0 Å². The zero-order valence-corrected chi connectivity index (χ0v) is 15.4. The Morgan fingerprint density at radius 1 is 1.15 bits per heavy atom. The van der Waals surface area contributed by atoms with Crippen LogP contribution in [-0.4, -0.2) is 29.0 Å². The molecule has 4 fully saturated rings. The predicted molar refractivity (Wildman–Crippen MR) is 99.7 cm³/mol. The van der Waals surface area contributed by atoms with Crippen LogP contribution < -0.4 is 16.0 Å². The SMILES string of the molecule is Cc1ccnc(NC(=O)CCNC(=O)NC23CC4CC(CC(C4)C2)C3)c1. The summed E-state index contributed by atoms with van der Waals surface area (Å²) >= 11 is 0. The molecular formula is C20H28N4O2. The molecule has 0 unspecified atom stereocenters. The van der Waals surface area contributed by atoms with Gasteiger partial charge in [-0.2, -0.15) is 0 Å². The fraction of sp³-hybridized carbons (Fsp3) is 0.650. The molecule has 140 valence electrons. The van der Waals surface area contributed by atoms with Crippen molar-refractivity contribution < 1.29 is 9.59 Å². The second kappa shape index (κ2) is 6.89. The molecule has 3 amide bonds. The lowest BCUT2D eigenvalue weighted by Crippen LogP contribution is -2.61. The number of nitrogens with zero attached hydrogens (tertiary/aromatic N) is 1. The molecule has 0 spiro atoms. The maximum Gasteiger partial charge on any atom is 0.315 e. The molecule has 6 heteroatoms. The first-order valence-corrected chi connectivity index (χ1v) is 9.78. The van der Waals surface area contributed by atoms with Crippen molar-refractivity contribution in [3.05, 3.63) is 23.9 Å². The average molecular weight is 356 g/mol. The van der Waals surface area contributed by atoms with Gasteiger partial charge in [-0.15, -0.1) is 0 Å². The quantitative estimate of drug-likeness (QED) is 0.758. The maximum atomic E-state index is 12.3. The third-order valence-electron chi connectivity index (χ3n) is 6.24. The predicted octanol–water partition coefficient (Wildman–Crippen LogP) is 2.99. The van der Waals surface area contributed by atoms with E-state index < -0.39 is 0 Å². The van der Waals surface area contributed by atoms with Gasteiger partial charge in [0, 0.05) is 24.7 Å². The van der Waals surface area contributed by atoms with Gasteiger partial charge in [0.15, 0.2) is 0 Å². The first kappa shape index (κ1) is 17.3. The summed E-state index contributed by atoms with van der Waals surface area (Å²) in [5.41, 5.74) is 1.05. The number of carbonyl (C=O) groups is 2. The number of rotatable bonds is 5. The van der Waals surface area contributed by atoms with Crippen LogP contribution in [0.3, 0.4) is 0 Å². The van der Waals surface area contributed by atoms with Crippen LogP contribution in [-0.2, 0) is 4.79 Å². The van der Waals surface area contributed by atoms with Crippen molar-refractivity contribution in [2.75, 3.05) is 11.9 Å². The summed E-state index contributed by atoms with van der Waals surface area (Å²) in [4.78, 5) is 28.5. The highest BCUT2D eigenvalue weighted by Crippen LogP contribution is 2.55. The standard InChI is InChI=1S/C20H28N4O2/c1-13-2-4-21-17(6-13)23-18(25)3-5-22-19(26)24-20-10-14-7-15(11-20)9-16(8-14)12-20/h2,4,6,14-16H,3,5,7-12H2,1H3,(H,21,23,25)(H2,22,24,26). The van der Waals surface area contributed by atoms with Crippen molar-refractivity contribution in [1.82, 2.24) is 15.6 Å². The zero-order chi connectivity index (χ0) is 18.1. The molecule has 0 saturated heterocycles. The highest BCUT2D eigenvalue weighted by atomic mass is 16.2. The van der Waals surface area contributed by atoms with E-state index in [1.807, 2.05) is 19.1 Å². The van der Waals surface area contributed by atoms with Crippen molar-refractivity contribution in [3.63, 3.8) is 0 Å². The van der Waals surface area contributed by atoms with Gasteiger partial charge in [-0.25, -0.2) is 9.78 Å². The van der Waals surface area contributed by atoms with Crippen LogP contribution in [0.2, 0.25) is 0 Å². The summed E-state index contributed by atoms with van der Waals surface area (Å²) < 4.78 is 0. The highest BCUT2D eigenvalue weighted by molar-refractivity contribution is 5.90. The van der Waals surface area contributed by atoms with Crippen LogP contribution in [0.4, 0.5) is 10.6 Å². The van der Waals surface area contributed by atoms with Gasteiger partial charge in [-0.05, 0) is 80.9 Å². The molecule has 3 N–H and O–H groups in total. The number of pyridine rings is 1. The van der Waals surface area contributed by atoms with E-state index in [1.165, 1.54) is 19.3 Å². The second-order valence-corrected chi connectivity index (χ2v) is 8.60. The minimum Gasteiger partial charge on any atom is -0.338 e. The lowest BCUT2D eigenvalue weighted by molar-refractivity contribution is -0.116. The van der Waals surface area contributed by atoms with Crippen LogP contribution in [0.5, 0.6) is 0 Å². The summed E-state index contributed by atoms with van der Waals surface area (Å²) in [6.45, 7) is 2.28. The fourth-order valence-electron chi connectivity index (χ4n) is 5.65. The number of urea groups is 1. The van der Waals surface area contributed by atoms with E-state index >= 15 is 0 Å². The van der Waals surface area contributed by atoms with E-state index in [1.54, 1.807) is 6.20 Å². The van der Waals surface area contributed by atoms with Crippen LogP contribution >= 0.6 is 0 Å². The van der Waals surface area contributed by atoms with Crippen molar-refractivity contribution in [1.29, 1.82) is 0 Å². The molecule has 4 saturated carbocycles. The molecule has 1 aromatic heterocycles. The lowest BCUT2D eigenvalue weighted by Gasteiger charge is -2.56. The van der Waals surface area contributed by atoms with E-state index in [2.05, 4.69) is 20.9 Å². The average Bonchev–Trinajstić information content (AvgIpc) is 2.52. The van der Waals surface area contributed by atoms with E-state index in [4.69, 9.17) is 0 Å². The molecule has 1 heterocycles. The Morgan fingerprint density at radius 3 is 2.42 bits per heavy atom. The number of amides is 3. The number of anilines is 1. The molecule has 4 aliphatic carbocycles. The molecule has 1 aromatic rings. The molecular weight excluding hydrogens is 328 g/mol. The second-order valence-electron chi connectivity index (χ2n) is 8.60. The first-order valence-electron chi connectivity index (χ1n) is 9.78. The molecule has 0 aromatic carbocycles. The van der Waals surface area contributed by atoms with E-state index in [9.17, 15) is 9.59 Å². The van der Waals surface area contributed by atoms with Crippen LogP contribution in [0.25, 0.3) is 0 Å². The van der Waals surface area contributed by atoms with Gasteiger partial charge in [-0.3, -0.25) is 4.79 Å². The van der Waals surface area contributed by atoms with Gasteiger partial charge in [-0.1, -0.05) is 0 Å². The van der Waals surface area contributed by atoms with Crippen molar-refractivity contribution >= 4 is 17.8 Å². The topological polar surface area (TPSA) is 83.1 Å². The minimum absolute atomic E-state index is 0.00653. The molecule has 0 aliphatic heterocycles. The highest BCUT2D eigenvalue weighted by Gasteiger charge is 2.51. The normalized spacial score (nSPS) is 31.5. The first-order chi connectivity index (χ1) is 12.5. The van der Waals surface area contributed by atoms with Crippen molar-refractivity contribution in [2.24, 2.45) is 17.8 Å². The Balaban J connectivity index is 1.21. The van der Waals surface area contributed by atoms with Crippen LogP contribution in [0.15, 0.2) is 18.3 Å². The van der Waals surface area contributed by atoms with Crippen LogP contribution in [0, 0.1) is 24.7 Å². The van der Waals surface area contributed by atoms with Gasteiger partial charge in [0.2, 0.25) is 5.91 Å². The Kier molecular flexibility index (Phi) is 4.59. The number of aromatic nitrogens is 1. The molecule has 4 bridgehead atoms. The van der Waals surface area contributed by atoms with Gasteiger partial charge in [0.05, 0.1) is 0 Å². The largest absolute Gasteiger partial charge is 0.338 e. The van der Waals surface area contributed by atoms with Gasteiger partial charge in [0.1, 0.15) is 5.82 Å². The summed E-state index contributed by atoms with van der Waals surface area (Å²) in [5.74, 6) is 2.81. The molecule has 0 radical (unpaired) electrons. The number of carbonyl (C=O) groups excluding carboxylic acids is 2.